The summed E-state index contributed by atoms with van der Waals surface area (Å²) in [5.41, 5.74) is 0.586. The molecule has 25 heavy (non-hydrogen) atoms. The third-order valence-corrected chi connectivity index (χ3v) is 5.09. The fourth-order valence-electron chi connectivity index (χ4n) is 3.22. The minimum atomic E-state index is -0.328. The molecule has 0 saturated carbocycles. The highest BCUT2D eigenvalue weighted by Gasteiger charge is 2.32. The SMILES string of the molecule is CC(C(=O)N1CCN(CC(=O)Nc2ccc(F)cc2)CC1)C1CNC1. The van der Waals surface area contributed by atoms with Crippen molar-refractivity contribution in [3.63, 3.8) is 0 Å². The molecule has 6 nitrogen and oxygen atoms in total. The minimum absolute atomic E-state index is 0.0644. The van der Waals surface area contributed by atoms with Gasteiger partial charge in [0.2, 0.25) is 11.8 Å². The van der Waals surface area contributed by atoms with Gasteiger partial charge in [-0.15, -0.1) is 0 Å². The van der Waals surface area contributed by atoms with E-state index in [0.717, 1.165) is 13.1 Å². The van der Waals surface area contributed by atoms with Gasteiger partial charge in [0.05, 0.1) is 6.54 Å². The second kappa shape index (κ2) is 7.93. The molecule has 136 valence electrons. The monoisotopic (exact) mass is 348 g/mol. The van der Waals surface area contributed by atoms with E-state index in [9.17, 15) is 14.0 Å². The summed E-state index contributed by atoms with van der Waals surface area (Å²) in [6, 6.07) is 5.72. The van der Waals surface area contributed by atoms with E-state index in [1.807, 2.05) is 16.7 Å². The minimum Gasteiger partial charge on any atom is -0.340 e. The third-order valence-electron chi connectivity index (χ3n) is 5.09. The fourth-order valence-corrected chi connectivity index (χ4v) is 3.22. The number of carbonyl (C=O) groups is 2. The van der Waals surface area contributed by atoms with E-state index in [4.69, 9.17) is 0 Å². The Hall–Kier alpha value is -1.99. The second-order valence-corrected chi connectivity index (χ2v) is 6.86. The van der Waals surface area contributed by atoms with E-state index >= 15 is 0 Å². The maximum Gasteiger partial charge on any atom is 0.238 e. The van der Waals surface area contributed by atoms with Crippen molar-refractivity contribution in [2.24, 2.45) is 11.8 Å². The van der Waals surface area contributed by atoms with Crippen LogP contribution in [0.4, 0.5) is 10.1 Å². The molecular weight excluding hydrogens is 323 g/mol. The van der Waals surface area contributed by atoms with Gasteiger partial charge in [-0.3, -0.25) is 14.5 Å². The van der Waals surface area contributed by atoms with Crippen LogP contribution in [0.2, 0.25) is 0 Å². The Labute approximate surface area is 147 Å². The molecule has 0 aromatic heterocycles. The highest BCUT2D eigenvalue weighted by atomic mass is 19.1. The summed E-state index contributed by atoms with van der Waals surface area (Å²) >= 11 is 0. The molecule has 2 amide bonds. The number of hydrogen-bond donors (Lipinski definition) is 2. The summed E-state index contributed by atoms with van der Waals surface area (Å²) in [6.07, 6.45) is 0. The average Bonchev–Trinajstić information content (AvgIpc) is 2.55. The van der Waals surface area contributed by atoms with Crippen LogP contribution in [0.25, 0.3) is 0 Å². The summed E-state index contributed by atoms with van der Waals surface area (Å²) < 4.78 is 12.9. The summed E-state index contributed by atoms with van der Waals surface area (Å²) in [5, 5.41) is 5.97. The summed E-state index contributed by atoms with van der Waals surface area (Å²) in [5.74, 6) is 0.287. The Balaban J connectivity index is 1.41. The summed E-state index contributed by atoms with van der Waals surface area (Å²) in [7, 11) is 0. The summed E-state index contributed by atoms with van der Waals surface area (Å²) in [4.78, 5) is 28.5. The predicted octanol–water partition coefficient (Wildman–Crippen LogP) is 0.764. The fraction of sp³-hybridized carbons (Fsp3) is 0.556. The van der Waals surface area contributed by atoms with Crippen molar-refractivity contribution >= 4 is 17.5 Å². The molecule has 0 bridgehead atoms. The summed E-state index contributed by atoms with van der Waals surface area (Å²) in [6.45, 7) is 6.85. The lowest BCUT2D eigenvalue weighted by Gasteiger charge is -2.39. The molecule has 2 N–H and O–H groups in total. The standard InChI is InChI=1S/C18H25FN4O2/c1-13(14-10-20-11-14)18(25)23-8-6-22(7-9-23)12-17(24)21-16-4-2-15(19)3-5-16/h2-5,13-14,20H,6-12H2,1H3,(H,21,24). The lowest BCUT2D eigenvalue weighted by Crippen LogP contribution is -2.55. The molecule has 2 fully saturated rings. The first-order chi connectivity index (χ1) is 12.0. The number of nitrogens with one attached hydrogen (secondary N) is 2. The van der Waals surface area contributed by atoms with Crippen molar-refractivity contribution in [3.8, 4) is 0 Å². The molecule has 2 heterocycles. The molecule has 0 aliphatic carbocycles. The van der Waals surface area contributed by atoms with Gasteiger partial charge in [0.25, 0.3) is 0 Å². The number of anilines is 1. The van der Waals surface area contributed by atoms with E-state index in [1.54, 1.807) is 12.1 Å². The van der Waals surface area contributed by atoms with Gasteiger partial charge in [0, 0.05) is 37.8 Å². The molecule has 0 radical (unpaired) electrons. The van der Waals surface area contributed by atoms with Gasteiger partial charge in [-0.2, -0.15) is 0 Å². The Morgan fingerprint density at radius 3 is 2.40 bits per heavy atom. The van der Waals surface area contributed by atoms with E-state index in [1.165, 1.54) is 12.1 Å². The number of carbonyl (C=O) groups excluding carboxylic acids is 2. The van der Waals surface area contributed by atoms with E-state index in [0.29, 0.717) is 37.8 Å². The molecule has 1 aromatic carbocycles. The number of hydrogen-bond acceptors (Lipinski definition) is 4. The Bertz CT molecular complexity index is 610. The van der Waals surface area contributed by atoms with Crippen LogP contribution in [0.5, 0.6) is 0 Å². The maximum absolute atomic E-state index is 12.9. The van der Waals surface area contributed by atoms with Crippen LogP contribution in [0.1, 0.15) is 6.92 Å². The first kappa shape index (κ1) is 17.8. The molecule has 0 spiro atoms. The first-order valence-electron chi connectivity index (χ1n) is 8.80. The predicted molar refractivity (Wildman–Crippen MR) is 93.6 cm³/mol. The van der Waals surface area contributed by atoms with Crippen LogP contribution in [-0.4, -0.2) is 67.4 Å². The van der Waals surface area contributed by atoms with Gasteiger partial charge in [-0.1, -0.05) is 6.92 Å². The van der Waals surface area contributed by atoms with Crippen molar-refractivity contribution in [1.82, 2.24) is 15.1 Å². The number of piperazine rings is 1. The van der Waals surface area contributed by atoms with E-state index in [-0.39, 0.29) is 30.1 Å². The van der Waals surface area contributed by atoms with Gasteiger partial charge >= 0.3 is 0 Å². The van der Waals surface area contributed by atoms with Gasteiger partial charge < -0.3 is 15.5 Å². The van der Waals surface area contributed by atoms with Gasteiger partial charge in [0.15, 0.2) is 0 Å². The molecule has 7 heteroatoms. The Kier molecular flexibility index (Phi) is 5.65. The van der Waals surface area contributed by atoms with Crippen LogP contribution in [0, 0.1) is 17.7 Å². The molecule has 2 saturated heterocycles. The van der Waals surface area contributed by atoms with Crippen LogP contribution >= 0.6 is 0 Å². The van der Waals surface area contributed by atoms with E-state index in [2.05, 4.69) is 10.6 Å². The lowest BCUT2D eigenvalue weighted by atomic mass is 9.88. The maximum atomic E-state index is 12.9. The highest BCUT2D eigenvalue weighted by Crippen LogP contribution is 2.19. The normalized spacial score (nSPS) is 20.0. The molecule has 2 aliphatic heterocycles. The van der Waals surface area contributed by atoms with Crippen LogP contribution in [0.15, 0.2) is 24.3 Å². The quantitative estimate of drug-likeness (QED) is 0.825. The highest BCUT2D eigenvalue weighted by molar-refractivity contribution is 5.92. The van der Waals surface area contributed by atoms with Crippen LogP contribution in [-0.2, 0) is 9.59 Å². The topological polar surface area (TPSA) is 64.7 Å². The molecule has 1 aromatic rings. The van der Waals surface area contributed by atoms with Crippen molar-refractivity contribution in [1.29, 1.82) is 0 Å². The molecule has 1 unspecified atom stereocenters. The number of benzene rings is 1. The Morgan fingerprint density at radius 1 is 1.20 bits per heavy atom. The zero-order chi connectivity index (χ0) is 17.8. The van der Waals surface area contributed by atoms with Gasteiger partial charge in [0.1, 0.15) is 5.82 Å². The largest absolute Gasteiger partial charge is 0.340 e. The van der Waals surface area contributed by atoms with Crippen molar-refractivity contribution in [2.75, 3.05) is 51.1 Å². The molecule has 1 atom stereocenters. The number of amides is 2. The number of nitrogens with zero attached hydrogens (tertiary/aromatic N) is 2. The van der Waals surface area contributed by atoms with E-state index < -0.39 is 0 Å². The molecule has 3 rings (SSSR count). The van der Waals surface area contributed by atoms with Crippen molar-refractivity contribution < 1.29 is 14.0 Å². The van der Waals surface area contributed by atoms with Gasteiger partial charge in [-0.25, -0.2) is 4.39 Å². The third kappa shape index (κ3) is 4.55. The lowest BCUT2D eigenvalue weighted by molar-refractivity contribution is -0.139. The zero-order valence-electron chi connectivity index (χ0n) is 14.5. The van der Waals surface area contributed by atoms with Crippen molar-refractivity contribution in [3.05, 3.63) is 30.1 Å². The molecular formula is C18H25FN4O2. The Morgan fingerprint density at radius 2 is 1.84 bits per heavy atom. The second-order valence-electron chi connectivity index (χ2n) is 6.86. The van der Waals surface area contributed by atoms with Crippen molar-refractivity contribution in [2.45, 2.75) is 6.92 Å². The van der Waals surface area contributed by atoms with Crippen LogP contribution in [0.3, 0.4) is 0 Å². The van der Waals surface area contributed by atoms with Gasteiger partial charge in [-0.05, 0) is 43.3 Å². The number of halogens is 1. The smallest absolute Gasteiger partial charge is 0.238 e. The average molecular weight is 348 g/mol. The number of rotatable bonds is 5. The first-order valence-corrected chi connectivity index (χ1v) is 8.80. The zero-order valence-corrected chi connectivity index (χ0v) is 14.5. The van der Waals surface area contributed by atoms with Crippen LogP contribution < -0.4 is 10.6 Å². The molecule has 2 aliphatic rings.